The molecule has 1 aliphatic heterocycles. The number of ketones is 1. The fourth-order valence-corrected chi connectivity index (χ4v) is 5.74. The quantitative estimate of drug-likeness (QED) is 0.358. The van der Waals surface area contributed by atoms with E-state index < -0.39 is 12.0 Å². The maximum atomic E-state index is 13.8. The van der Waals surface area contributed by atoms with Crippen LogP contribution in [0.15, 0.2) is 84.1 Å². The van der Waals surface area contributed by atoms with Gasteiger partial charge in [-0.3, -0.25) is 9.59 Å². The topological polar surface area (TPSA) is 87.7 Å². The fourth-order valence-electron chi connectivity index (χ4n) is 5.54. The predicted octanol–water partition coefficient (Wildman–Crippen LogP) is 6.06. The molecule has 40 heavy (non-hydrogen) atoms. The number of allylic oxidation sites excluding steroid dienone is 1. The average Bonchev–Trinajstić information content (AvgIpc) is 3.06. The average molecular weight is 558 g/mol. The summed E-state index contributed by atoms with van der Waals surface area (Å²) in [6.07, 6.45) is 1.08. The van der Waals surface area contributed by atoms with Crippen molar-refractivity contribution < 1.29 is 19.1 Å². The molecule has 1 amide bonds. The Kier molecular flexibility index (Phi) is 7.68. The van der Waals surface area contributed by atoms with Gasteiger partial charge in [-0.1, -0.05) is 67.9 Å². The number of rotatable bonds is 6. The van der Waals surface area contributed by atoms with Crippen molar-refractivity contribution in [3.63, 3.8) is 0 Å². The van der Waals surface area contributed by atoms with E-state index in [0.29, 0.717) is 29.0 Å². The number of carbonyl (C=O) groups is 3. The summed E-state index contributed by atoms with van der Waals surface area (Å²) in [7, 11) is 1.34. The third kappa shape index (κ3) is 5.61. The maximum Gasteiger partial charge on any atom is 0.337 e. The Morgan fingerprint density at radius 2 is 1.73 bits per heavy atom. The second-order valence-corrected chi connectivity index (χ2v) is 11.4. The van der Waals surface area contributed by atoms with Crippen molar-refractivity contribution in [2.75, 3.05) is 23.9 Å². The number of amides is 1. The number of esters is 1. The summed E-state index contributed by atoms with van der Waals surface area (Å²) in [5.74, 6) is -0.612. The first-order valence-electron chi connectivity index (χ1n) is 13.2. The summed E-state index contributed by atoms with van der Waals surface area (Å²) >= 11 is 6.31. The van der Waals surface area contributed by atoms with Crippen LogP contribution in [-0.4, -0.2) is 31.3 Å². The van der Waals surface area contributed by atoms with Crippen LogP contribution in [0.3, 0.4) is 0 Å². The van der Waals surface area contributed by atoms with Crippen LogP contribution in [0.25, 0.3) is 0 Å². The highest BCUT2D eigenvalue weighted by molar-refractivity contribution is 6.31. The molecule has 1 heterocycles. The number of methoxy groups -OCH3 is 1. The minimum atomic E-state index is -0.549. The lowest BCUT2D eigenvalue weighted by atomic mass is 9.73. The van der Waals surface area contributed by atoms with E-state index in [0.717, 1.165) is 28.2 Å². The van der Waals surface area contributed by atoms with Gasteiger partial charge in [-0.2, -0.15) is 0 Å². The van der Waals surface area contributed by atoms with Gasteiger partial charge < -0.3 is 20.3 Å². The van der Waals surface area contributed by atoms with Crippen LogP contribution in [0.5, 0.6) is 0 Å². The van der Waals surface area contributed by atoms with E-state index in [-0.39, 0.29) is 30.2 Å². The number of fused-ring (bicyclic) bond motifs is 1. The number of carbonyl (C=O) groups excluding carboxylic acids is 3. The number of ether oxygens (including phenoxy) is 1. The molecule has 0 saturated carbocycles. The van der Waals surface area contributed by atoms with Crippen LogP contribution in [0, 0.1) is 5.41 Å². The van der Waals surface area contributed by atoms with Crippen molar-refractivity contribution in [2.24, 2.45) is 5.41 Å². The number of anilines is 2. The molecular formula is C32H32ClN3O4. The molecule has 0 spiro atoms. The molecular weight excluding hydrogens is 526 g/mol. The molecule has 3 aromatic carbocycles. The third-order valence-corrected chi connectivity index (χ3v) is 7.77. The molecule has 3 aromatic rings. The minimum absolute atomic E-state index is 0.0000184. The smallest absolute Gasteiger partial charge is 0.337 e. The Hall–Kier alpha value is -4.10. The minimum Gasteiger partial charge on any atom is -0.465 e. The molecule has 0 saturated heterocycles. The Morgan fingerprint density at radius 1 is 1.02 bits per heavy atom. The van der Waals surface area contributed by atoms with Crippen LogP contribution < -0.4 is 15.5 Å². The van der Waals surface area contributed by atoms with E-state index in [1.54, 1.807) is 18.2 Å². The summed E-state index contributed by atoms with van der Waals surface area (Å²) in [5, 5.41) is 7.12. The first-order chi connectivity index (χ1) is 19.2. The van der Waals surface area contributed by atoms with Gasteiger partial charge in [0.1, 0.15) is 0 Å². The molecule has 2 N–H and O–H groups in total. The van der Waals surface area contributed by atoms with Crippen molar-refractivity contribution in [3.05, 3.63) is 106 Å². The molecule has 7 nitrogen and oxygen atoms in total. The van der Waals surface area contributed by atoms with Crippen LogP contribution in [-0.2, 0) is 20.9 Å². The number of halogens is 1. The second kappa shape index (κ2) is 11.2. The third-order valence-electron chi connectivity index (χ3n) is 7.40. The summed E-state index contributed by atoms with van der Waals surface area (Å²) in [6, 6.07) is 21.7. The van der Waals surface area contributed by atoms with Crippen molar-refractivity contribution in [1.82, 2.24) is 5.32 Å². The normalized spacial score (nSPS) is 17.8. The van der Waals surface area contributed by atoms with Crippen molar-refractivity contribution in [3.8, 4) is 0 Å². The van der Waals surface area contributed by atoms with Gasteiger partial charge in [0, 0.05) is 29.3 Å². The lowest BCUT2D eigenvalue weighted by molar-refractivity contribution is -0.120. The molecule has 1 aliphatic carbocycles. The largest absolute Gasteiger partial charge is 0.465 e. The van der Waals surface area contributed by atoms with Gasteiger partial charge in [0.15, 0.2) is 5.78 Å². The molecule has 1 atom stereocenters. The zero-order valence-electron chi connectivity index (χ0n) is 22.8. The molecule has 206 valence electrons. The van der Waals surface area contributed by atoms with Gasteiger partial charge >= 0.3 is 5.97 Å². The van der Waals surface area contributed by atoms with Gasteiger partial charge in [-0.05, 0) is 53.3 Å². The fraction of sp³-hybridized carbons (Fsp3) is 0.281. The van der Waals surface area contributed by atoms with Gasteiger partial charge in [-0.15, -0.1) is 0 Å². The Bertz CT molecular complexity index is 1500. The summed E-state index contributed by atoms with van der Waals surface area (Å²) in [5.41, 5.74) is 4.94. The number of nitrogens with one attached hydrogen (secondary N) is 2. The molecule has 5 rings (SSSR count). The first kappa shape index (κ1) is 27.5. The van der Waals surface area contributed by atoms with Crippen LogP contribution >= 0.6 is 11.6 Å². The van der Waals surface area contributed by atoms with Crippen LogP contribution in [0.1, 0.15) is 54.2 Å². The van der Waals surface area contributed by atoms with Crippen LogP contribution in [0.4, 0.5) is 11.4 Å². The Labute approximate surface area is 239 Å². The highest BCUT2D eigenvalue weighted by Crippen LogP contribution is 2.48. The number of Topliss-reactive ketones (excluding diaryl/α,β-unsaturated/α-hetero) is 1. The van der Waals surface area contributed by atoms with E-state index >= 15 is 0 Å². The summed E-state index contributed by atoms with van der Waals surface area (Å²) in [6.45, 7) is 4.46. The molecule has 8 heteroatoms. The van der Waals surface area contributed by atoms with E-state index in [9.17, 15) is 14.4 Å². The van der Waals surface area contributed by atoms with Crippen LogP contribution in [0.2, 0.25) is 5.02 Å². The number of benzene rings is 3. The monoisotopic (exact) mass is 557 g/mol. The van der Waals surface area contributed by atoms with E-state index in [4.69, 9.17) is 16.3 Å². The van der Waals surface area contributed by atoms with Gasteiger partial charge in [0.25, 0.3) is 0 Å². The molecule has 1 unspecified atom stereocenters. The van der Waals surface area contributed by atoms with E-state index in [1.165, 1.54) is 7.11 Å². The lowest BCUT2D eigenvalue weighted by Crippen LogP contribution is -2.42. The van der Waals surface area contributed by atoms with Crippen molar-refractivity contribution >= 4 is 40.6 Å². The van der Waals surface area contributed by atoms with Gasteiger partial charge in [0.05, 0.1) is 36.6 Å². The van der Waals surface area contributed by atoms with E-state index in [2.05, 4.69) is 24.5 Å². The molecule has 0 aromatic heterocycles. The highest BCUT2D eigenvalue weighted by atomic mass is 35.5. The predicted molar refractivity (Wildman–Crippen MR) is 156 cm³/mol. The first-order valence-corrected chi connectivity index (χ1v) is 13.6. The lowest BCUT2D eigenvalue weighted by Gasteiger charge is -2.38. The van der Waals surface area contributed by atoms with Gasteiger partial charge in [0.2, 0.25) is 5.91 Å². The number of hydrogen-bond acceptors (Lipinski definition) is 6. The Balaban J connectivity index is 1.58. The second-order valence-electron chi connectivity index (χ2n) is 11.0. The van der Waals surface area contributed by atoms with E-state index in [1.807, 2.05) is 59.5 Å². The zero-order valence-corrected chi connectivity index (χ0v) is 23.5. The number of hydrogen-bond donors (Lipinski definition) is 2. The number of para-hydroxylation sites is 2. The standard InChI is InChI=1S/C32H32ClN3O4/c1-32(2)16-25-29(27(37)17-32)30(20-12-14-21(15-13-20)31(39)40-3)36(26-11-7-6-10-24(26)35-25)19-28(38)34-18-22-8-4-5-9-23(22)33/h4-15,30,35H,16-19H2,1-3H3,(H,34,38). The molecule has 2 aliphatic rings. The molecule has 0 bridgehead atoms. The van der Waals surface area contributed by atoms with Gasteiger partial charge in [-0.25, -0.2) is 4.79 Å². The SMILES string of the molecule is COC(=O)c1ccc(C2C3=C(CC(C)(C)CC3=O)Nc3ccccc3N2CC(=O)NCc2ccccc2Cl)cc1. The zero-order chi connectivity index (χ0) is 28.4. The van der Waals surface area contributed by atoms with Crippen molar-refractivity contribution in [2.45, 2.75) is 39.3 Å². The molecule has 0 radical (unpaired) electrons. The summed E-state index contributed by atoms with van der Waals surface area (Å²) < 4.78 is 4.87. The number of nitrogens with zero attached hydrogens (tertiary/aromatic N) is 1. The van der Waals surface area contributed by atoms with Crippen molar-refractivity contribution in [1.29, 1.82) is 0 Å². The molecule has 0 fully saturated rings. The Morgan fingerprint density at radius 3 is 2.45 bits per heavy atom. The summed E-state index contributed by atoms with van der Waals surface area (Å²) in [4.78, 5) is 41.4. The maximum absolute atomic E-state index is 13.8. The highest BCUT2D eigenvalue weighted by Gasteiger charge is 2.41.